The zero-order chi connectivity index (χ0) is 13.7. The van der Waals surface area contributed by atoms with E-state index in [1.165, 1.54) is 0 Å². The fourth-order valence-corrected chi connectivity index (χ4v) is 2.15. The topological polar surface area (TPSA) is 71.8 Å². The Hall–Kier alpha value is -1.82. The predicted octanol–water partition coefficient (Wildman–Crippen LogP) is 0.533. The maximum absolute atomic E-state index is 11.9. The zero-order valence-electron chi connectivity index (χ0n) is 10.9. The van der Waals surface area contributed by atoms with Crippen LogP contribution in [0.1, 0.15) is 19.1 Å². The molecule has 1 N–H and O–H groups in total. The lowest BCUT2D eigenvalue weighted by atomic mass is 10.1. The van der Waals surface area contributed by atoms with Crippen molar-refractivity contribution >= 4 is 11.9 Å². The molecule has 0 aromatic carbocycles. The van der Waals surface area contributed by atoms with Gasteiger partial charge in [0.05, 0.1) is 25.8 Å². The molecule has 104 valence electrons. The van der Waals surface area contributed by atoms with Gasteiger partial charge in [-0.25, -0.2) is 0 Å². The Bertz CT molecular complexity index is 430. The summed E-state index contributed by atoms with van der Waals surface area (Å²) in [7, 11) is 0. The van der Waals surface area contributed by atoms with Crippen LogP contribution in [0.25, 0.3) is 0 Å². The minimum absolute atomic E-state index is 0.0698. The average molecular weight is 266 g/mol. The van der Waals surface area contributed by atoms with Crippen molar-refractivity contribution in [1.82, 2.24) is 10.2 Å². The molecular formula is C13H18N2O4. The van der Waals surface area contributed by atoms with Crippen molar-refractivity contribution in [2.24, 2.45) is 0 Å². The second-order valence-electron chi connectivity index (χ2n) is 4.37. The summed E-state index contributed by atoms with van der Waals surface area (Å²) in [5.41, 5.74) is 0. The second-order valence-corrected chi connectivity index (χ2v) is 4.37. The van der Waals surface area contributed by atoms with Crippen LogP contribution in [0.4, 0.5) is 0 Å². The van der Waals surface area contributed by atoms with E-state index in [9.17, 15) is 9.59 Å². The van der Waals surface area contributed by atoms with E-state index in [0.717, 1.165) is 5.76 Å². The third-order valence-electron chi connectivity index (χ3n) is 3.05. The van der Waals surface area contributed by atoms with Crippen molar-refractivity contribution in [1.29, 1.82) is 0 Å². The molecule has 2 heterocycles. The largest absolute Gasteiger partial charge is 0.468 e. The molecule has 1 atom stereocenters. The summed E-state index contributed by atoms with van der Waals surface area (Å²) in [4.78, 5) is 25.4. The molecule has 1 fully saturated rings. The first kappa shape index (κ1) is 13.6. The Kier molecular flexibility index (Phi) is 4.57. The first-order valence-corrected chi connectivity index (χ1v) is 6.40. The summed E-state index contributed by atoms with van der Waals surface area (Å²) in [6.07, 6.45) is 1.67. The Morgan fingerprint density at radius 2 is 2.47 bits per heavy atom. The lowest BCUT2D eigenvalue weighted by Gasteiger charge is -2.33. The summed E-state index contributed by atoms with van der Waals surface area (Å²) < 4.78 is 10.2. The number of hydrogen-bond donors (Lipinski definition) is 1. The molecule has 1 saturated heterocycles. The molecule has 0 radical (unpaired) electrons. The molecule has 0 bridgehead atoms. The third kappa shape index (κ3) is 3.57. The van der Waals surface area contributed by atoms with E-state index in [-0.39, 0.29) is 18.3 Å². The molecule has 0 aliphatic carbocycles. The molecule has 2 rings (SSSR count). The molecule has 0 spiro atoms. The zero-order valence-corrected chi connectivity index (χ0v) is 10.9. The molecule has 19 heavy (non-hydrogen) atoms. The Balaban J connectivity index is 2.01. The number of carbonyl (C=O) groups excluding carboxylic acids is 2. The number of nitrogens with one attached hydrogen (secondary N) is 1. The van der Waals surface area contributed by atoms with Crippen molar-refractivity contribution < 1.29 is 18.7 Å². The van der Waals surface area contributed by atoms with Crippen molar-refractivity contribution in [2.75, 3.05) is 19.7 Å². The highest BCUT2D eigenvalue weighted by atomic mass is 16.5. The summed E-state index contributed by atoms with van der Waals surface area (Å²) in [6, 6.07) is 3.17. The predicted molar refractivity (Wildman–Crippen MR) is 67.2 cm³/mol. The van der Waals surface area contributed by atoms with Crippen molar-refractivity contribution in [3.05, 3.63) is 24.2 Å². The van der Waals surface area contributed by atoms with Crippen LogP contribution in [0.15, 0.2) is 22.8 Å². The van der Waals surface area contributed by atoms with Gasteiger partial charge in [-0.15, -0.1) is 0 Å². The summed E-state index contributed by atoms with van der Waals surface area (Å²) in [5.74, 6) is 0.295. The first-order valence-electron chi connectivity index (χ1n) is 6.40. The molecule has 1 aliphatic heterocycles. The van der Waals surface area contributed by atoms with E-state index in [1.54, 1.807) is 19.3 Å². The SMILES string of the molecule is CCOC(=O)C[C@@H]1C(=O)NCCN1Cc1ccco1. The highest BCUT2D eigenvalue weighted by Gasteiger charge is 2.32. The summed E-state index contributed by atoms with van der Waals surface area (Å²) in [5, 5.41) is 2.77. The Labute approximate surface area is 111 Å². The number of carbonyl (C=O) groups is 2. The van der Waals surface area contributed by atoms with E-state index in [4.69, 9.17) is 9.15 Å². The molecule has 1 aliphatic rings. The van der Waals surface area contributed by atoms with Crippen molar-refractivity contribution in [3.8, 4) is 0 Å². The van der Waals surface area contributed by atoms with Gasteiger partial charge in [0.25, 0.3) is 0 Å². The summed E-state index contributed by atoms with van der Waals surface area (Å²) >= 11 is 0. The molecule has 6 heteroatoms. The molecule has 0 saturated carbocycles. The fraction of sp³-hybridized carbons (Fsp3) is 0.538. The van der Waals surface area contributed by atoms with Crippen LogP contribution < -0.4 is 5.32 Å². The van der Waals surface area contributed by atoms with E-state index in [0.29, 0.717) is 26.2 Å². The van der Waals surface area contributed by atoms with Crippen LogP contribution in [0.3, 0.4) is 0 Å². The van der Waals surface area contributed by atoms with Gasteiger partial charge in [0.1, 0.15) is 11.8 Å². The molecule has 6 nitrogen and oxygen atoms in total. The number of hydrogen-bond acceptors (Lipinski definition) is 5. The van der Waals surface area contributed by atoms with Crippen molar-refractivity contribution in [3.63, 3.8) is 0 Å². The minimum Gasteiger partial charge on any atom is -0.468 e. The number of furan rings is 1. The monoisotopic (exact) mass is 266 g/mol. The standard InChI is InChI=1S/C13H18N2O4/c1-2-18-12(16)8-11-13(17)14-5-6-15(11)9-10-4-3-7-19-10/h3-4,7,11H,2,5-6,8-9H2,1H3,(H,14,17)/t11-/m1/s1. The van der Waals surface area contributed by atoms with E-state index in [1.807, 2.05) is 11.0 Å². The maximum atomic E-state index is 11.9. The van der Waals surface area contributed by atoms with Gasteiger partial charge in [0, 0.05) is 13.1 Å². The van der Waals surface area contributed by atoms with Crippen LogP contribution in [0, 0.1) is 0 Å². The summed E-state index contributed by atoms with van der Waals surface area (Å²) in [6.45, 7) is 3.87. The smallest absolute Gasteiger partial charge is 0.307 e. The van der Waals surface area contributed by atoms with E-state index < -0.39 is 6.04 Å². The highest BCUT2D eigenvalue weighted by molar-refractivity contribution is 5.87. The van der Waals surface area contributed by atoms with Gasteiger partial charge < -0.3 is 14.5 Å². The van der Waals surface area contributed by atoms with Crippen LogP contribution in [-0.4, -0.2) is 42.5 Å². The third-order valence-corrected chi connectivity index (χ3v) is 3.05. The molecule has 1 aromatic heterocycles. The molecule has 1 aromatic rings. The van der Waals surface area contributed by atoms with Gasteiger partial charge in [0.2, 0.25) is 5.91 Å². The van der Waals surface area contributed by atoms with Gasteiger partial charge >= 0.3 is 5.97 Å². The van der Waals surface area contributed by atoms with Crippen molar-refractivity contribution in [2.45, 2.75) is 25.9 Å². The van der Waals surface area contributed by atoms with Gasteiger partial charge in [-0.1, -0.05) is 0 Å². The Morgan fingerprint density at radius 3 is 3.16 bits per heavy atom. The van der Waals surface area contributed by atoms with Crippen LogP contribution in [-0.2, 0) is 20.9 Å². The average Bonchev–Trinajstić information content (AvgIpc) is 2.87. The van der Waals surface area contributed by atoms with Gasteiger partial charge in [-0.3, -0.25) is 14.5 Å². The maximum Gasteiger partial charge on any atom is 0.307 e. The van der Waals surface area contributed by atoms with Gasteiger partial charge in [-0.2, -0.15) is 0 Å². The van der Waals surface area contributed by atoms with Crippen LogP contribution in [0.2, 0.25) is 0 Å². The molecular weight excluding hydrogens is 248 g/mol. The first-order chi connectivity index (χ1) is 9.20. The lowest BCUT2D eigenvalue weighted by Crippen LogP contribution is -2.55. The normalized spacial score (nSPS) is 20.1. The quantitative estimate of drug-likeness (QED) is 0.787. The van der Waals surface area contributed by atoms with Gasteiger partial charge in [0.15, 0.2) is 0 Å². The number of amides is 1. The van der Waals surface area contributed by atoms with E-state index >= 15 is 0 Å². The van der Waals surface area contributed by atoms with Crippen LogP contribution in [0.5, 0.6) is 0 Å². The number of piperazine rings is 1. The van der Waals surface area contributed by atoms with E-state index in [2.05, 4.69) is 5.32 Å². The number of rotatable bonds is 5. The minimum atomic E-state index is -0.488. The molecule has 0 unspecified atom stereocenters. The number of ether oxygens (including phenoxy) is 1. The Morgan fingerprint density at radius 1 is 1.63 bits per heavy atom. The lowest BCUT2D eigenvalue weighted by molar-refractivity contribution is -0.148. The van der Waals surface area contributed by atoms with Gasteiger partial charge in [-0.05, 0) is 19.1 Å². The number of nitrogens with zero attached hydrogens (tertiary/aromatic N) is 1. The fourth-order valence-electron chi connectivity index (χ4n) is 2.15. The highest BCUT2D eigenvalue weighted by Crippen LogP contribution is 2.14. The number of esters is 1. The molecule has 1 amide bonds. The second kappa shape index (κ2) is 6.38. The van der Waals surface area contributed by atoms with Crippen LogP contribution >= 0.6 is 0 Å².